The van der Waals surface area contributed by atoms with Gasteiger partial charge in [-0.3, -0.25) is 0 Å². The SMILES string of the molecule is C=CC(O)c1cccc(N(c2ccccc2)c2cccc(C(O)C=C)c2)c1. The molecule has 2 unspecified atom stereocenters. The molecule has 0 radical (unpaired) electrons. The molecule has 0 aliphatic rings. The van der Waals surface area contributed by atoms with E-state index in [1.165, 1.54) is 12.2 Å². The minimum Gasteiger partial charge on any atom is -0.384 e. The Morgan fingerprint density at radius 1 is 0.630 bits per heavy atom. The Bertz CT molecular complexity index is 863. The van der Waals surface area contributed by atoms with Crippen LogP contribution in [0.1, 0.15) is 23.3 Å². The summed E-state index contributed by atoms with van der Waals surface area (Å²) in [4.78, 5) is 2.08. The van der Waals surface area contributed by atoms with Crippen LogP contribution < -0.4 is 4.90 Å². The van der Waals surface area contributed by atoms with Crippen LogP contribution in [-0.2, 0) is 0 Å². The topological polar surface area (TPSA) is 43.7 Å². The van der Waals surface area contributed by atoms with Crippen molar-refractivity contribution in [2.75, 3.05) is 4.90 Å². The molecule has 0 saturated carbocycles. The van der Waals surface area contributed by atoms with Crippen molar-refractivity contribution in [3.8, 4) is 0 Å². The molecule has 136 valence electrons. The van der Waals surface area contributed by atoms with E-state index in [2.05, 4.69) is 18.1 Å². The third-order valence-corrected chi connectivity index (χ3v) is 4.40. The molecular formula is C24H23NO2. The van der Waals surface area contributed by atoms with Crippen molar-refractivity contribution < 1.29 is 10.2 Å². The van der Waals surface area contributed by atoms with E-state index >= 15 is 0 Å². The minimum absolute atomic E-state index is 0.725. The first kappa shape index (κ1) is 18.6. The lowest BCUT2D eigenvalue weighted by atomic mass is 10.1. The van der Waals surface area contributed by atoms with Gasteiger partial charge >= 0.3 is 0 Å². The normalized spacial score (nSPS) is 12.8. The van der Waals surface area contributed by atoms with Crippen LogP contribution in [0.3, 0.4) is 0 Å². The average molecular weight is 357 g/mol. The van der Waals surface area contributed by atoms with E-state index in [1.807, 2.05) is 78.9 Å². The second-order valence-electron chi connectivity index (χ2n) is 6.22. The molecule has 3 aromatic carbocycles. The standard InChI is InChI=1S/C24H23NO2/c1-3-23(26)18-10-8-14-21(16-18)25(20-12-6-5-7-13-20)22-15-9-11-19(17-22)24(27)4-2/h3-17,23-24,26-27H,1-2H2. The fraction of sp³-hybridized carbons (Fsp3) is 0.0833. The summed E-state index contributed by atoms with van der Waals surface area (Å²) in [5.74, 6) is 0. The summed E-state index contributed by atoms with van der Waals surface area (Å²) < 4.78 is 0. The summed E-state index contributed by atoms with van der Waals surface area (Å²) in [6.07, 6.45) is 1.56. The van der Waals surface area contributed by atoms with Gasteiger partial charge in [0.2, 0.25) is 0 Å². The van der Waals surface area contributed by atoms with Gasteiger partial charge in [0.15, 0.2) is 0 Å². The molecule has 0 amide bonds. The van der Waals surface area contributed by atoms with Gasteiger partial charge in [0.1, 0.15) is 0 Å². The maximum absolute atomic E-state index is 10.1. The number of hydrogen-bond donors (Lipinski definition) is 2. The van der Waals surface area contributed by atoms with Crippen molar-refractivity contribution >= 4 is 17.1 Å². The number of benzene rings is 3. The molecule has 2 N–H and O–H groups in total. The molecule has 3 aromatic rings. The molecule has 2 atom stereocenters. The highest BCUT2D eigenvalue weighted by molar-refractivity contribution is 5.77. The molecule has 0 spiro atoms. The third-order valence-electron chi connectivity index (χ3n) is 4.40. The molecule has 0 aliphatic carbocycles. The number of anilines is 3. The van der Waals surface area contributed by atoms with Crippen LogP contribution in [0, 0.1) is 0 Å². The second kappa shape index (κ2) is 8.49. The van der Waals surface area contributed by atoms with E-state index < -0.39 is 12.2 Å². The first-order valence-corrected chi connectivity index (χ1v) is 8.80. The largest absolute Gasteiger partial charge is 0.384 e. The molecule has 0 fully saturated rings. The maximum Gasteiger partial charge on any atom is 0.0969 e. The zero-order valence-corrected chi connectivity index (χ0v) is 15.1. The van der Waals surface area contributed by atoms with Crippen LogP contribution in [0.25, 0.3) is 0 Å². The Kier molecular flexibility index (Phi) is 5.87. The van der Waals surface area contributed by atoms with Crippen molar-refractivity contribution in [3.05, 3.63) is 115 Å². The van der Waals surface area contributed by atoms with Gasteiger partial charge < -0.3 is 15.1 Å². The van der Waals surface area contributed by atoms with Crippen molar-refractivity contribution in [3.63, 3.8) is 0 Å². The predicted molar refractivity (Wildman–Crippen MR) is 111 cm³/mol. The third kappa shape index (κ3) is 4.17. The van der Waals surface area contributed by atoms with Crippen molar-refractivity contribution in [1.82, 2.24) is 0 Å². The smallest absolute Gasteiger partial charge is 0.0969 e. The summed E-state index contributed by atoms with van der Waals surface area (Å²) in [7, 11) is 0. The van der Waals surface area contributed by atoms with E-state index in [0.29, 0.717) is 0 Å². The first-order valence-electron chi connectivity index (χ1n) is 8.80. The Labute approximate surface area is 160 Å². The Morgan fingerprint density at radius 2 is 1.07 bits per heavy atom. The lowest BCUT2D eigenvalue weighted by molar-refractivity contribution is 0.229. The van der Waals surface area contributed by atoms with Gasteiger partial charge in [0, 0.05) is 17.1 Å². The van der Waals surface area contributed by atoms with Crippen molar-refractivity contribution in [2.24, 2.45) is 0 Å². The Hall–Kier alpha value is -3.14. The molecule has 3 nitrogen and oxygen atoms in total. The van der Waals surface area contributed by atoms with Gasteiger partial charge in [0.25, 0.3) is 0 Å². The molecular weight excluding hydrogens is 334 g/mol. The van der Waals surface area contributed by atoms with E-state index in [0.717, 1.165) is 28.2 Å². The van der Waals surface area contributed by atoms with E-state index in [-0.39, 0.29) is 0 Å². The molecule has 0 heterocycles. The minimum atomic E-state index is -0.725. The van der Waals surface area contributed by atoms with Crippen molar-refractivity contribution in [1.29, 1.82) is 0 Å². The number of hydrogen-bond acceptors (Lipinski definition) is 3. The van der Waals surface area contributed by atoms with E-state index in [1.54, 1.807) is 0 Å². The number of aliphatic hydroxyl groups is 2. The highest BCUT2D eigenvalue weighted by Crippen LogP contribution is 2.36. The van der Waals surface area contributed by atoms with Gasteiger partial charge in [0.05, 0.1) is 12.2 Å². The average Bonchev–Trinajstić information content (AvgIpc) is 2.74. The molecule has 0 bridgehead atoms. The van der Waals surface area contributed by atoms with Crippen LogP contribution in [-0.4, -0.2) is 10.2 Å². The summed E-state index contributed by atoms with van der Waals surface area (Å²) in [6, 6.07) is 25.4. The highest BCUT2D eigenvalue weighted by atomic mass is 16.3. The van der Waals surface area contributed by atoms with Crippen LogP contribution in [0.15, 0.2) is 104 Å². The summed E-state index contributed by atoms with van der Waals surface area (Å²) in [5.41, 5.74) is 4.33. The highest BCUT2D eigenvalue weighted by Gasteiger charge is 2.15. The summed E-state index contributed by atoms with van der Waals surface area (Å²) in [6.45, 7) is 7.33. The van der Waals surface area contributed by atoms with Crippen LogP contribution in [0.2, 0.25) is 0 Å². The summed E-state index contributed by atoms with van der Waals surface area (Å²) in [5, 5.41) is 20.3. The monoisotopic (exact) mass is 357 g/mol. The fourth-order valence-corrected chi connectivity index (χ4v) is 2.99. The van der Waals surface area contributed by atoms with E-state index in [9.17, 15) is 10.2 Å². The molecule has 3 heteroatoms. The molecule has 0 saturated heterocycles. The Morgan fingerprint density at radius 3 is 1.52 bits per heavy atom. The van der Waals surface area contributed by atoms with Crippen molar-refractivity contribution in [2.45, 2.75) is 12.2 Å². The Balaban J connectivity index is 2.14. The molecule has 0 aliphatic heterocycles. The summed E-state index contributed by atoms with van der Waals surface area (Å²) >= 11 is 0. The van der Waals surface area contributed by atoms with Gasteiger partial charge in [-0.25, -0.2) is 0 Å². The van der Waals surface area contributed by atoms with Gasteiger partial charge in [-0.15, -0.1) is 13.2 Å². The predicted octanol–water partition coefficient (Wildman–Crippen LogP) is 5.60. The first-order chi connectivity index (χ1) is 13.1. The number of rotatable bonds is 7. The zero-order valence-electron chi connectivity index (χ0n) is 15.1. The molecule has 27 heavy (non-hydrogen) atoms. The zero-order chi connectivity index (χ0) is 19.2. The number of nitrogens with zero attached hydrogens (tertiary/aromatic N) is 1. The number of aliphatic hydroxyl groups excluding tert-OH is 2. The van der Waals surface area contributed by atoms with Crippen LogP contribution in [0.5, 0.6) is 0 Å². The maximum atomic E-state index is 10.1. The second-order valence-corrected chi connectivity index (χ2v) is 6.22. The van der Waals surface area contributed by atoms with Gasteiger partial charge in [-0.2, -0.15) is 0 Å². The van der Waals surface area contributed by atoms with E-state index in [4.69, 9.17) is 0 Å². The van der Waals surface area contributed by atoms with Crippen LogP contribution in [0.4, 0.5) is 17.1 Å². The lowest BCUT2D eigenvalue weighted by Crippen LogP contribution is -2.11. The number of para-hydroxylation sites is 1. The van der Waals surface area contributed by atoms with Crippen LogP contribution >= 0.6 is 0 Å². The quantitative estimate of drug-likeness (QED) is 0.541. The lowest BCUT2D eigenvalue weighted by Gasteiger charge is -2.27. The van der Waals surface area contributed by atoms with Gasteiger partial charge in [-0.1, -0.05) is 54.6 Å². The van der Waals surface area contributed by atoms with Gasteiger partial charge in [-0.05, 0) is 47.5 Å². The molecule has 0 aromatic heterocycles. The fourth-order valence-electron chi connectivity index (χ4n) is 2.99. The molecule has 3 rings (SSSR count).